The Balaban J connectivity index is 1.92. The van der Waals surface area contributed by atoms with Crippen LogP contribution in [-0.2, 0) is 19.4 Å². The topological polar surface area (TPSA) is 89.5 Å². The van der Waals surface area contributed by atoms with E-state index in [0.717, 1.165) is 17.4 Å². The van der Waals surface area contributed by atoms with Gasteiger partial charge in [-0.15, -0.1) is 0 Å². The third-order valence-corrected chi connectivity index (χ3v) is 5.20. The van der Waals surface area contributed by atoms with Crippen LogP contribution in [0.4, 0.5) is 0 Å². The van der Waals surface area contributed by atoms with Crippen molar-refractivity contribution >= 4 is 21.7 Å². The molecule has 0 radical (unpaired) electrons. The van der Waals surface area contributed by atoms with Crippen molar-refractivity contribution in [2.24, 2.45) is 0 Å². The van der Waals surface area contributed by atoms with Crippen LogP contribution < -0.4 is 5.32 Å². The maximum Gasteiger partial charge on any atom is 0.338 e. The first kappa shape index (κ1) is 20.6. The highest BCUT2D eigenvalue weighted by Gasteiger charge is 2.16. The number of hydrogen-bond acceptors (Lipinski definition) is 5. The van der Waals surface area contributed by atoms with E-state index in [1.54, 1.807) is 0 Å². The molecule has 0 bridgehead atoms. The van der Waals surface area contributed by atoms with Gasteiger partial charge in [0.15, 0.2) is 16.4 Å². The van der Waals surface area contributed by atoms with Crippen LogP contribution in [0.1, 0.15) is 40.9 Å². The minimum absolute atomic E-state index is 0.112. The molecule has 0 unspecified atom stereocenters. The summed E-state index contributed by atoms with van der Waals surface area (Å²) in [4.78, 5) is 24.2. The van der Waals surface area contributed by atoms with E-state index in [4.69, 9.17) is 4.74 Å². The van der Waals surface area contributed by atoms with Crippen molar-refractivity contribution in [1.82, 2.24) is 5.32 Å². The van der Waals surface area contributed by atoms with Gasteiger partial charge in [-0.1, -0.05) is 36.8 Å². The van der Waals surface area contributed by atoms with E-state index in [1.165, 1.54) is 24.3 Å². The van der Waals surface area contributed by atoms with E-state index in [0.29, 0.717) is 6.42 Å². The second-order valence-corrected chi connectivity index (χ2v) is 8.33. The number of carbonyl (C=O) groups excluding carboxylic acids is 2. The van der Waals surface area contributed by atoms with Gasteiger partial charge in [0, 0.05) is 6.26 Å². The fraction of sp³-hybridized carbons (Fsp3) is 0.300. The van der Waals surface area contributed by atoms with Crippen molar-refractivity contribution in [2.45, 2.75) is 31.2 Å². The molecule has 1 N–H and O–H groups in total. The van der Waals surface area contributed by atoms with Crippen molar-refractivity contribution in [1.29, 1.82) is 0 Å². The van der Waals surface area contributed by atoms with Crippen molar-refractivity contribution in [3.63, 3.8) is 0 Å². The first-order valence-corrected chi connectivity index (χ1v) is 10.4. The first-order chi connectivity index (χ1) is 12.7. The van der Waals surface area contributed by atoms with Crippen LogP contribution in [0.25, 0.3) is 0 Å². The molecule has 27 heavy (non-hydrogen) atoms. The monoisotopic (exact) mass is 389 g/mol. The minimum Gasteiger partial charge on any atom is -0.452 e. The molecule has 0 aliphatic carbocycles. The molecule has 0 saturated carbocycles. The van der Waals surface area contributed by atoms with Crippen LogP contribution in [-0.4, -0.2) is 33.2 Å². The molecule has 7 heteroatoms. The molecule has 0 aromatic heterocycles. The smallest absolute Gasteiger partial charge is 0.338 e. The summed E-state index contributed by atoms with van der Waals surface area (Å²) in [6.07, 6.45) is 1.79. The lowest BCUT2D eigenvalue weighted by molar-refractivity contribution is -0.125. The average Bonchev–Trinajstić information content (AvgIpc) is 2.64. The summed E-state index contributed by atoms with van der Waals surface area (Å²) in [6, 6.07) is 13.1. The predicted molar refractivity (Wildman–Crippen MR) is 102 cm³/mol. The number of carbonyl (C=O) groups is 2. The Morgan fingerprint density at radius 2 is 1.63 bits per heavy atom. The lowest BCUT2D eigenvalue weighted by Gasteiger charge is -2.17. The summed E-state index contributed by atoms with van der Waals surface area (Å²) < 4.78 is 27.9. The number of ether oxygens (including phenoxy) is 1. The van der Waals surface area contributed by atoms with E-state index in [9.17, 15) is 18.0 Å². The number of amides is 1. The zero-order chi connectivity index (χ0) is 20.0. The maximum absolute atomic E-state index is 12.1. The van der Waals surface area contributed by atoms with Crippen molar-refractivity contribution in [2.75, 3.05) is 12.9 Å². The number of sulfone groups is 1. The minimum atomic E-state index is -3.33. The summed E-state index contributed by atoms with van der Waals surface area (Å²) in [5, 5.41) is 2.84. The van der Waals surface area contributed by atoms with E-state index in [2.05, 4.69) is 5.32 Å². The van der Waals surface area contributed by atoms with Gasteiger partial charge in [-0.2, -0.15) is 0 Å². The Kier molecular flexibility index (Phi) is 6.74. The van der Waals surface area contributed by atoms with Gasteiger partial charge < -0.3 is 10.1 Å². The van der Waals surface area contributed by atoms with Gasteiger partial charge in [0.05, 0.1) is 16.5 Å². The maximum atomic E-state index is 12.1. The molecule has 144 valence electrons. The Morgan fingerprint density at radius 3 is 2.15 bits per heavy atom. The predicted octanol–water partition coefficient (Wildman–Crippen LogP) is 2.82. The molecule has 2 rings (SSSR count). The highest BCUT2D eigenvalue weighted by Crippen LogP contribution is 2.17. The molecule has 0 spiro atoms. The molecule has 1 atom stereocenters. The summed E-state index contributed by atoms with van der Waals surface area (Å²) in [6.45, 7) is 3.54. The molecule has 0 heterocycles. The fourth-order valence-corrected chi connectivity index (χ4v) is 3.14. The summed E-state index contributed by atoms with van der Waals surface area (Å²) in [5.41, 5.74) is 2.30. The van der Waals surface area contributed by atoms with Crippen LogP contribution >= 0.6 is 0 Å². The van der Waals surface area contributed by atoms with E-state index < -0.39 is 28.3 Å². The van der Waals surface area contributed by atoms with Gasteiger partial charge in [-0.3, -0.25) is 4.79 Å². The molecule has 0 aliphatic heterocycles. The second-order valence-electron chi connectivity index (χ2n) is 6.31. The third-order valence-electron chi connectivity index (χ3n) is 4.08. The van der Waals surface area contributed by atoms with Crippen LogP contribution in [0, 0.1) is 6.92 Å². The van der Waals surface area contributed by atoms with Gasteiger partial charge in [0.2, 0.25) is 0 Å². The Morgan fingerprint density at radius 1 is 1.04 bits per heavy atom. The fourth-order valence-electron chi connectivity index (χ4n) is 2.51. The summed E-state index contributed by atoms with van der Waals surface area (Å²) in [5.74, 6) is -1.09. The SMILES string of the molecule is CC[C@@H](NC(=O)COC(=O)c1ccc(S(C)(=O)=O)cc1)c1ccc(C)cc1. The van der Waals surface area contributed by atoms with Gasteiger partial charge in [-0.25, -0.2) is 13.2 Å². The molecular weight excluding hydrogens is 366 g/mol. The van der Waals surface area contributed by atoms with Gasteiger partial charge in [-0.05, 0) is 43.2 Å². The number of rotatable bonds is 7. The average molecular weight is 389 g/mol. The summed E-state index contributed by atoms with van der Waals surface area (Å²) >= 11 is 0. The van der Waals surface area contributed by atoms with Crippen molar-refractivity contribution < 1.29 is 22.7 Å². The molecule has 0 aliphatic rings. The number of aryl methyl sites for hydroxylation is 1. The highest BCUT2D eigenvalue weighted by atomic mass is 32.2. The molecule has 0 saturated heterocycles. The van der Waals surface area contributed by atoms with Gasteiger partial charge in [0.1, 0.15) is 0 Å². The lowest BCUT2D eigenvalue weighted by atomic mass is 10.0. The zero-order valence-electron chi connectivity index (χ0n) is 15.6. The Labute approximate surface area is 159 Å². The second kappa shape index (κ2) is 8.81. The van der Waals surface area contributed by atoms with Gasteiger partial charge in [0.25, 0.3) is 5.91 Å². The van der Waals surface area contributed by atoms with Crippen molar-refractivity contribution in [3.8, 4) is 0 Å². The third kappa shape index (κ3) is 5.92. The Bertz CT molecular complexity index is 902. The molecule has 2 aromatic rings. The highest BCUT2D eigenvalue weighted by molar-refractivity contribution is 7.90. The molecule has 2 aromatic carbocycles. The van der Waals surface area contributed by atoms with E-state index in [1.807, 2.05) is 38.1 Å². The number of benzene rings is 2. The van der Waals surface area contributed by atoms with E-state index >= 15 is 0 Å². The van der Waals surface area contributed by atoms with Crippen LogP contribution in [0.3, 0.4) is 0 Å². The van der Waals surface area contributed by atoms with Crippen LogP contribution in [0.5, 0.6) is 0 Å². The largest absolute Gasteiger partial charge is 0.452 e. The zero-order valence-corrected chi connectivity index (χ0v) is 16.4. The van der Waals surface area contributed by atoms with Gasteiger partial charge >= 0.3 is 5.97 Å². The quantitative estimate of drug-likeness (QED) is 0.736. The molecule has 6 nitrogen and oxygen atoms in total. The normalized spacial score (nSPS) is 12.3. The Hall–Kier alpha value is -2.67. The number of hydrogen-bond donors (Lipinski definition) is 1. The molecular formula is C20H23NO5S. The van der Waals surface area contributed by atoms with Crippen LogP contribution in [0.2, 0.25) is 0 Å². The number of nitrogens with one attached hydrogen (secondary N) is 1. The summed E-state index contributed by atoms with van der Waals surface area (Å²) in [7, 11) is -3.33. The van der Waals surface area contributed by atoms with E-state index in [-0.39, 0.29) is 16.5 Å². The molecule has 1 amide bonds. The standard InChI is InChI=1S/C20H23NO5S/c1-4-18(15-7-5-14(2)6-8-15)21-19(22)13-26-20(23)16-9-11-17(12-10-16)27(3,24)25/h5-12,18H,4,13H2,1-3H3,(H,21,22)/t18-/m1/s1. The van der Waals surface area contributed by atoms with Crippen LogP contribution in [0.15, 0.2) is 53.4 Å². The lowest BCUT2D eigenvalue weighted by Crippen LogP contribution is -2.32. The number of esters is 1. The van der Waals surface area contributed by atoms with Crippen molar-refractivity contribution in [3.05, 3.63) is 65.2 Å². The molecule has 0 fully saturated rings. The first-order valence-electron chi connectivity index (χ1n) is 8.54.